The van der Waals surface area contributed by atoms with Crippen LogP contribution in [0, 0.1) is 0 Å². The molecule has 2 aromatic rings. The van der Waals surface area contributed by atoms with Crippen LogP contribution in [0.4, 0.5) is 0 Å². The van der Waals surface area contributed by atoms with Gasteiger partial charge in [0.15, 0.2) is 0 Å². The first-order valence-electron chi connectivity index (χ1n) is 8.63. The van der Waals surface area contributed by atoms with Crippen molar-refractivity contribution in [2.45, 2.75) is 38.8 Å². The van der Waals surface area contributed by atoms with Gasteiger partial charge in [-0.2, -0.15) is 0 Å². The molecule has 0 saturated carbocycles. The monoisotopic (exact) mass is 343 g/mol. The zero-order valence-corrected chi connectivity index (χ0v) is 15.0. The first-order chi connectivity index (χ1) is 11.7. The molecule has 0 N–H and O–H groups in total. The summed E-state index contributed by atoms with van der Waals surface area (Å²) in [4.78, 5) is 22.3. The molecule has 1 aliphatic heterocycles. The van der Waals surface area contributed by atoms with Crippen molar-refractivity contribution in [1.82, 2.24) is 14.8 Å². The molecule has 3 heterocycles. The summed E-state index contributed by atoms with van der Waals surface area (Å²) in [7, 11) is 0. The van der Waals surface area contributed by atoms with Crippen LogP contribution in [-0.4, -0.2) is 46.4 Å². The lowest BCUT2D eigenvalue weighted by Crippen LogP contribution is -2.46. The topological polar surface area (TPSA) is 36.4 Å². The van der Waals surface area contributed by atoms with Crippen molar-refractivity contribution < 1.29 is 4.79 Å². The van der Waals surface area contributed by atoms with Gasteiger partial charge in [-0.25, -0.2) is 0 Å². The van der Waals surface area contributed by atoms with E-state index in [1.165, 1.54) is 4.88 Å². The Labute approximate surface area is 148 Å². The summed E-state index contributed by atoms with van der Waals surface area (Å²) < 4.78 is 0. The molecule has 1 amide bonds. The van der Waals surface area contributed by atoms with Crippen molar-refractivity contribution in [2.24, 2.45) is 0 Å². The molecule has 0 atom stereocenters. The smallest absolute Gasteiger partial charge is 0.219 e. The summed E-state index contributed by atoms with van der Waals surface area (Å²) in [6.07, 6.45) is 6.88. The van der Waals surface area contributed by atoms with Gasteiger partial charge in [0, 0.05) is 56.4 Å². The first-order valence-corrected chi connectivity index (χ1v) is 9.51. The van der Waals surface area contributed by atoms with Crippen LogP contribution in [0.2, 0.25) is 0 Å². The molecule has 0 aliphatic carbocycles. The van der Waals surface area contributed by atoms with Gasteiger partial charge in [-0.05, 0) is 42.3 Å². The van der Waals surface area contributed by atoms with E-state index in [2.05, 4.69) is 27.4 Å². The van der Waals surface area contributed by atoms with E-state index in [9.17, 15) is 4.79 Å². The molecule has 128 valence electrons. The van der Waals surface area contributed by atoms with Gasteiger partial charge in [0.2, 0.25) is 5.91 Å². The predicted octanol–water partition coefficient (Wildman–Crippen LogP) is 3.20. The number of nitrogens with zero attached hydrogens (tertiary/aromatic N) is 3. The number of carbonyl (C=O) groups is 1. The number of thiophene rings is 1. The van der Waals surface area contributed by atoms with Crippen LogP contribution in [0.3, 0.4) is 0 Å². The summed E-state index contributed by atoms with van der Waals surface area (Å²) in [5, 5.41) is 2.14. The number of hydrogen-bond donors (Lipinski definition) is 0. The molecule has 24 heavy (non-hydrogen) atoms. The van der Waals surface area contributed by atoms with Crippen molar-refractivity contribution in [3.63, 3.8) is 0 Å². The van der Waals surface area contributed by atoms with Gasteiger partial charge in [-0.15, -0.1) is 11.3 Å². The Morgan fingerprint density at radius 2 is 2.17 bits per heavy atom. The van der Waals surface area contributed by atoms with Crippen molar-refractivity contribution >= 4 is 17.2 Å². The molecule has 3 rings (SSSR count). The standard InChI is InChI=1S/C19H25N3OS/c1-16(23)22(15-17-4-2-9-20-14-17)18-6-10-21(11-7-18)12-8-19-5-3-13-24-19/h2-5,9,13-14,18H,6-8,10-12,15H2,1H3. The largest absolute Gasteiger partial charge is 0.335 e. The summed E-state index contributed by atoms with van der Waals surface area (Å²) in [6.45, 7) is 5.62. The van der Waals surface area contributed by atoms with Crippen LogP contribution < -0.4 is 0 Å². The molecule has 2 aromatic heterocycles. The van der Waals surface area contributed by atoms with Crippen molar-refractivity contribution in [2.75, 3.05) is 19.6 Å². The molecule has 1 saturated heterocycles. The van der Waals surface area contributed by atoms with Gasteiger partial charge in [0.05, 0.1) is 0 Å². The Morgan fingerprint density at radius 3 is 2.79 bits per heavy atom. The first kappa shape index (κ1) is 17.1. The lowest BCUT2D eigenvalue weighted by atomic mass is 10.0. The molecule has 0 aromatic carbocycles. The van der Waals surface area contributed by atoms with Crippen LogP contribution in [-0.2, 0) is 17.8 Å². The number of amides is 1. The molecule has 4 nitrogen and oxygen atoms in total. The molecule has 0 radical (unpaired) electrons. The Kier molecular flexibility index (Phi) is 5.99. The third-order valence-corrected chi connectivity index (χ3v) is 5.67. The fourth-order valence-electron chi connectivity index (χ4n) is 3.36. The quantitative estimate of drug-likeness (QED) is 0.808. The third-order valence-electron chi connectivity index (χ3n) is 4.73. The second kappa shape index (κ2) is 8.40. The average molecular weight is 343 g/mol. The normalized spacial score (nSPS) is 16.2. The fourth-order valence-corrected chi connectivity index (χ4v) is 4.06. The molecule has 1 fully saturated rings. The van der Waals surface area contributed by atoms with Gasteiger partial charge < -0.3 is 9.80 Å². The van der Waals surface area contributed by atoms with Crippen molar-refractivity contribution in [1.29, 1.82) is 0 Å². The summed E-state index contributed by atoms with van der Waals surface area (Å²) in [6, 6.07) is 8.65. The Hall–Kier alpha value is -1.72. The maximum atomic E-state index is 12.1. The van der Waals surface area contributed by atoms with Gasteiger partial charge >= 0.3 is 0 Å². The minimum atomic E-state index is 0.163. The van der Waals surface area contributed by atoms with Crippen LogP contribution in [0.5, 0.6) is 0 Å². The number of piperidine rings is 1. The summed E-state index contributed by atoms with van der Waals surface area (Å²) >= 11 is 1.84. The highest BCUT2D eigenvalue weighted by Gasteiger charge is 2.26. The number of hydrogen-bond acceptors (Lipinski definition) is 4. The highest BCUT2D eigenvalue weighted by molar-refractivity contribution is 7.09. The number of rotatable bonds is 6. The highest BCUT2D eigenvalue weighted by atomic mass is 32.1. The van der Waals surface area contributed by atoms with E-state index in [0.29, 0.717) is 12.6 Å². The maximum Gasteiger partial charge on any atom is 0.219 e. The number of aromatic nitrogens is 1. The number of likely N-dealkylation sites (tertiary alicyclic amines) is 1. The van der Waals surface area contributed by atoms with E-state index in [4.69, 9.17) is 0 Å². The molecule has 1 aliphatic rings. The average Bonchev–Trinajstić information content (AvgIpc) is 3.13. The van der Waals surface area contributed by atoms with E-state index in [1.807, 2.05) is 34.6 Å². The van der Waals surface area contributed by atoms with Crippen LogP contribution in [0.25, 0.3) is 0 Å². The summed E-state index contributed by atoms with van der Waals surface area (Å²) in [5.41, 5.74) is 1.10. The van der Waals surface area contributed by atoms with E-state index < -0.39 is 0 Å². The summed E-state index contributed by atoms with van der Waals surface area (Å²) in [5.74, 6) is 0.163. The Morgan fingerprint density at radius 1 is 1.33 bits per heavy atom. The van der Waals surface area contributed by atoms with Gasteiger partial charge in [-0.3, -0.25) is 9.78 Å². The van der Waals surface area contributed by atoms with Crippen LogP contribution >= 0.6 is 11.3 Å². The van der Waals surface area contributed by atoms with E-state index in [1.54, 1.807) is 13.1 Å². The highest BCUT2D eigenvalue weighted by Crippen LogP contribution is 2.20. The minimum absolute atomic E-state index is 0.163. The molecular formula is C19H25N3OS. The molecule has 5 heteroatoms. The van der Waals surface area contributed by atoms with Crippen LogP contribution in [0.1, 0.15) is 30.2 Å². The van der Waals surface area contributed by atoms with Crippen molar-refractivity contribution in [3.05, 3.63) is 52.5 Å². The third kappa shape index (κ3) is 4.65. The second-order valence-corrected chi connectivity index (χ2v) is 7.44. The Balaban J connectivity index is 1.50. The van der Waals surface area contributed by atoms with Gasteiger partial charge in [0.1, 0.15) is 0 Å². The van der Waals surface area contributed by atoms with E-state index in [0.717, 1.165) is 44.5 Å². The molecule has 0 unspecified atom stereocenters. The molecule has 0 bridgehead atoms. The predicted molar refractivity (Wildman–Crippen MR) is 97.9 cm³/mol. The SMILES string of the molecule is CC(=O)N(Cc1cccnc1)C1CCN(CCc2cccs2)CC1. The van der Waals surface area contributed by atoms with E-state index >= 15 is 0 Å². The van der Waals surface area contributed by atoms with Gasteiger partial charge in [0.25, 0.3) is 0 Å². The lowest BCUT2D eigenvalue weighted by Gasteiger charge is -2.38. The maximum absolute atomic E-state index is 12.1. The number of carbonyl (C=O) groups excluding carboxylic acids is 1. The van der Waals surface area contributed by atoms with E-state index in [-0.39, 0.29) is 5.91 Å². The zero-order valence-electron chi connectivity index (χ0n) is 14.2. The molecule has 0 spiro atoms. The Bertz CT molecular complexity index is 621. The second-order valence-electron chi connectivity index (χ2n) is 6.41. The zero-order chi connectivity index (χ0) is 16.8. The lowest BCUT2D eigenvalue weighted by molar-refractivity contribution is -0.132. The van der Waals surface area contributed by atoms with Crippen molar-refractivity contribution in [3.8, 4) is 0 Å². The number of pyridine rings is 1. The van der Waals surface area contributed by atoms with Crippen LogP contribution in [0.15, 0.2) is 42.0 Å². The molecular weight excluding hydrogens is 318 g/mol. The van der Waals surface area contributed by atoms with Gasteiger partial charge in [-0.1, -0.05) is 12.1 Å². The minimum Gasteiger partial charge on any atom is -0.335 e. The fraction of sp³-hybridized carbons (Fsp3) is 0.474.